The number of carbonyl (C=O) groups excluding carboxylic acids is 4. The van der Waals surface area contributed by atoms with Gasteiger partial charge in [-0.1, -0.05) is 286 Å². The van der Waals surface area contributed by atoms with Gasteiger partial charge >= 0.3 is 39.5 Å². The van der Waals surface area contributed by atoms with E-state index in [1.54, 1.807) is 0 Å². The molecular weight excluding hydrogens is 1430 g/mol. The van der Waals surface area contributed by atoms with E-state index < -0.39 is 97.5 Å². The highest BCUT2D eigenvalue weighted by Crippen LogP contribution is 2.45. The first-order valence-corrected chi connectivity index (χ1v) is 44.7. The van der Waals surface area contributed by atoms with E-state index >= 15 is 0 Å². The molecule has 0 aliphatic carbocycles. The minimum absolute atomic E-state index is 0.00463. The molecule has 19 heteroatoms. The fraction of sp³-hybridized carbons (Fsp3) is 0.604. The Morgan fingerprint density at radius 2 is 0.482 bits per heavy atom. The molecule has 0 aromatic rings. The third-order valence-corrected chi connectivity index (χ3v) is 18.4. The Balaban J connectivity index is 5.50. The van der Waals surface area contributed by atoms with Gasteiger partial charge in [-0.3, -0.25) is 37.3 Å². The first-order valence-electron chi connectivity index (χ1n) is 41.7. The van der Waals surface area contributed by atoms with Crippen LogP contribution in [0.4, 0.5) is 0 Å². The molecule has 0 aliphatic rings. The van der Waals surface area contributed by atoms with Crippen molar-refractivity contribution < 1.29 is 80.2 Å². The molecule has 0 amide bonds. The Labute approximate surface area is 666 Å². The Bertz CT molecular complexity index is 2850. The summed E-state index contributed by atoms with van der Waals surface area (Å²) in [7, 11) is -10.0. The molecule has 5 atom stereocenters. The largest absolute Gasteiger partial charge is 0.472 e. The van der Waals surface area contributed by atoms with Gasteiger partial charge in [0.05, 0.1) is 26.4 Å². The highest BCUT2D eigenvalue weighted by atomic mass is 31.2. The van der Waals surface area contributed by atoms with Gasteiger partial charge < -0.3 is 33.8 Å². The molecule has 110 heavy (non-hydrogen) atoms. The number of allylic oxidation sites excluding steroid dienone is 32. The molecule has 0 bridgehead atoms. The van der Waals surface area contributed by atoms with Crippen molar-refractivity contribution >= 4 is 39.5 Å². The summed E-state index contributed by atoms with van der Waals surface area (Å²) < 4.78 is 68.7. The monoisotopic (exact) mass is 1570 g/mol. The average molecular weight is 1570 g/mol. The van der Waals surface area contributed by atoms with E-state index in [4.69, 9.17) is 37.0 Å². The molecule has 5 unspecified atom stereocenters. The first kappa shape index (κ1) is 104. The van der Waals surface area contributed by atoms with Crippen LogP contribution >= 0.6 is 15.6 Å². The number of aliphatic hydroxyl groups excluding tert-OH is 1. The Morgan fingerprint density at radius 3 is 0.773 bits per heavy atom. The predicted octanol–water partition coefficient (Wildman–Crippen LogP) is 24.9. The topological polar surface area (TPSA) is 237 Å². The highest BCUT2D eigenvalue weighted by Gasteiger charge is 2.30. The molecule has 3 N–H and O–H groups in total. The predicted molar refractivity (Wildman–Crippen MR) is 454 cm³/mol. The van der Waals surface area contributed by atoms with E-state index in [1.807, 2.05) is 12.2 Å². The molecule has 0 heterocycles. The van der Waals surface area contributed by atoms with Gasteiger partial charge in [-0.05, 0) is 180 Å². The van der Waals surface area contributed by atoms with Gasteiger partial charge in [-0.2, -0.15) is 0 Å². The van der Waals surface area contributed by atoms with Crippen LogP contribution in [-0.2, 0) is 65.4 Å². The number of rotatable bonds is 76. The number of phosphoric acid groups is 2. The second-order valence-corrected chi connectivity index (χ2v) is 29.8. The molecule has 622 valence electrons. The quantitative estimate of drug-likeness (QED) is 0.0169. The Morgan fingerprint density at radius 1 is 0.264 bits per heavy atom. The molecule has 0 aromatic carbocycles. The van der Waals surface area contributed by atoms with Gasteiger partial charge in [0.25, 0.3) is 0 Å². The Kier molecular flexibility index (Phi) is 76.4. The lowest BCUT2D eigenvalue weighted by atomic mass is 10.1. The van der Waals surface area contributed by atoms with Crippen LogP contribution in [0.2, 0.25) is 0 Å². The number of esters is 4. The maximum Gasteiger partial charge on any atom is 0.472 e. The zero-order chi connectivity index (χ0) is 80.3. The summed E-state index contributed by atoms with van der Waals surface area (Å²) in [6.07, 6.45) is 99.7. The molecule has 0 radical (unpaired) electrons. The molecule has 0 rings (SSSR count). The molecule has 0 fully saturated rings. The van der Waals surface area contributed by atoms with Crippen molar-refractivity contribution in [2.24, 2.45) is 0 Å². The minimum atomic E-state index is -5.01. The summed E-state index contributed by atoms with van der Waals surface area (Å²) in [6.45, 7) is 4.36. The molecule has 0 aromatic heterocycles. The van der Waals surface area contributed by atoms with E-state index in [1.165, 1.54) is 19.3 Å². The van der Waals surface area contributed by atoms with Crippen LogP contribution in [0.15, 0.2) is 194 Å². The molecular formula is C91H146O17P2. The number of hydrogen-bond acceptors (Lipinski definition) is 15. The second-order valence-electron chi connectivity index (χ2n) is 26.9. The van der Waals surface area contributed by atoms with Gasteiger partial charge in [-0.15, -0.1) is 0 Å². The summed E-state index contributed by atoms with van der Waals surface area (Å²) >= 11 is 0. The van der Waals surface area contributed by atoms with Crippen molar-refractivity contribution in [3.63, 3.8) is 0 Å². The van der Waals surface area contributed by atoms with E-state index in [2.05, 4.69) is 210 Å². The lowest BCUT2D eigenvalue weighted by Crippen LogP contribution is -2.30. The number of ether oxygens (including phenoxy) is 4. The molecule has 0 aliphatic heterocycles. The lowest BCUT2D eigenvalue weighted by molar-refractivity contribution is -0.161. The van der Waals surface area contributed by atoms with E-state index in [-0.39, 0.29) is 25.7 Å². The molecule has 17 nitrogen and oxygen atoms in total. The van der Waals surface area contributed by atoms with Crippen LogP contribution in [0.1, 0.15) is 297 Å². The number of aliphatic hydroxyl groups is 1. The van der Waals surface area contributed by atoms with Crippen molar-refractivity contribution in [1.82, 2.24) is 0 Å². The van der Waals surface area contributed by atoms with Crippen LogP contribution in [-0.4, -0.2) is 96.7 Å². The SMILES string of the molecule is CC/C=C\C/C=C\C/C=C\C/C=C\C/C=C\CCCCCC(=O)OCC(COP(=O)(O)OCC(O)COP(=O)(O)OCC(COC(=O)CCCCCCCC/C=C\C/C=C\C/C=C\C/C=C\CC)OC(=O)CCC/C=C\C/C=C\C/C=C\C/C=C\C/C=C\CC)OC(=O)CCCCCCC/C=C\C/C=C\CCCCC. The summed E-state index contributed by atoms with van der Waals surface area (Å²) in [5.41, 5.74) is 0. The van der Waals surface area contributed by atoms with Crippen molar-refractivity contribution in [2.75, 3.05) is 39.6 Å². The average Bonchev–Trinajstić information content (AvgIpc) is 0.899. The van der Waals surface area contributed by atoms with E-state index in [0.29, 0.717) is 32.1 Å². The summed E-state index contributed by atoms with van der Waals surface area (Å²) in [4.78, 5) is 73.2. The molecule has 0 spiro atoms. The van der Waals surface area contributed by atoms with Crippen LogP contribution in [0.25, 0.3) is 0 Å². The van der Waals surface area contributed by atoms with Gasteiger partial charge in [0.1, 0.15) is 19.3 Å². The van der Waals surface area contributed by atoms with Crippen LogP contribution < -0.4 is 0 Å². The number of carbonyl (C=O) groups is 4. The zero-order valence-corrected chi connectivity index (χ0v) is 69.9. The van der Waals surface area contributed by atoms with Crippen LogP contribution in [0, 0.1) is 0 Å². The second kappa shape index (κ2) is 80.9. The highest BCUT2D eigenvalue weighted by molar-refractivity contribution is 7.47. The number of phosphoric ester groups is 2. The van der Waals surface area contributed by atoms with Crippen molar-refractivity contribution in [2.45, 2.75) is 316 Å². The standard InChI is InChI=1S/C91H146O17P2/c1-5-9-13-17-21-25-29-33-37-40-42-45-48-51-55-59-63-67-71-75-88(93)101-81-86(107-90(95)77-73-69-65-61-57-53-47-36-32-28-24-20-16-12-8-4)83-105-109(97,98)103-79-85(92)80-104-110(99,100)106-84-87(108-91(96)78-74-70-66-62-58-54-50-44-39-35-31-27-23-19-15-11-7-3)82-102-89(94)76-72-68-64-60-56-52-49-46-43-41-38-34-30-26-22-18-14-10-6-2/h9-11,13-15,21-28,33-39,42-43,45-47,50-51,54-55,62,66,85-87,92H,5-8,12,16-20,29-32,40-41,44,48-49,52-53,56-61,63-65,67-84H2,1-4H3,(H,97,98)(H,99,100)/b13-9-,14-10-,15-11-,25-21-,26-22-,27-23-,28-24-,37-33-,38-34-,39-35-,45-42-,46-43-,47-36-,54-50-,55-51-,66-62-. The van der Waals surface area contributed by atoms with Gasteiger partial charge in [-0.25, -0.2) is 9.13 Å². The summed E-state index contributed by atoms with van der Waals surface area (Å²) in [5.74, 6) is -2.33. The fourth-order valence-electron chi connectivity index (χ4n) is 10.3. The molecule has 0 saturated carbocycles. The summed E-state index contributed by atoms with van der Waals surface area (Å²) in [6, 6.07) is 0. The Hall–Kier alpha value is -6.10. The summed E-state index contributed by atoms with van der Waals surface area (Å²) in [5, 5.41) is 10.7. The van der Waals surface area contributed by atoms with Gasteiger partial charge in [0.15, 0.2) is 12.2 Å². The zero-order valence-electron chi connectivity index (χ0n) is 68.1. The maximum absolute atomic E-state index is 13.1. The van der Waals surface area contributed by atoms with Crippen LogP contribution in [0.3, 0.4) is 0 Å². The van der Waals surface area contributed by atoms with Crippen molar-refractivity contribution in [1.29, 1.82) is 0 Å². The maximum atomic E-state index is 13.1. The van der Waals surface area contributed by atoms with Crippen molar-refractivity contribution in [3.8, 4) is 0 Å². The van der Waals surface area contributed by atoms with E-state index in [9.17, 15) is 43.2 Å². The first-order chi connectivity index (χ1) is 53.7. The van der Waals surface area contributed by atoms with Gasteiger partial charge in [0, 0.05) is 25.7 Å². The van der Waals surface area contributed by atoms with Crippen molar-refractivity contribution in [3.05, 3.63) is 194 Å². The van der Waals surface area contributed by atoms with Gasteiger partial charge in [0.2, 0.25) is 0 Å². The van der Waals surface area contributed by atoms with E-state index in [0.717, 1.165) is 193 Å². The minimum Gasteiger partial charge on any atom is -0.462 e. The fourth-order valence-corrected chi connectivity index (χ4v) is 11.9. The third-order valence-electron chi connectivity index (χ3n) is 16.5. The molecule has 0 saturated heterocycles. The number of hydrogen-bond donors (Lipinski definition) is 3. The van der Waals surface area contributed by atoms with Crippen LogP contribution in [0.5, 0.6) is 0 Å². The smallest absolute Gasteiger partial charge is 0.462 e. The third kappa shape index (κ3) is 80.0. The number of unbranched alkanes of at least 4 members (excludes halogenated alkanes) is 18. The lowest BCUT2D eigenvalue weighted by Gasteiger charge is -2.21. The normalized spacial score (nSPS) is 14.8.